The Bertz CT molecular complexity index is 1530. The number of carbonyl (C=O) groups excluding carboxylic acids is 2. The number of ketones is 2. The molecule has 37 heavy (non-hydrogen) atoms. The van der Waals surface area contributed by atoms with Gasteiger partial charge in [-0.25, -0.2) is 0 Å². The molecule has 0 N–H and O–H groups in total. The van der Waals surface area contributed by atoms with Crippen LogP contribution in [0.15, 0.2) is 121 Å². The van der Waals surface area contributed by atoms with Crippen LogP contribution in [0.5, 0.6) is 0 Å². The Morgan fingerprint density at radius 3 is 1.49 bits per heavy atom. The van der Waals surface area contributed by atoms with Crippen LogP contribution in [0.2, 0.25) is 0 Å². The maximum atomic E-state index is 15.0. The zero-order valence-electron chi connectivity index (χ0n) is 21.0. The van der Waals surface area contributed by atoms with Gasteiger partial charge in [-0.2, -0.15) is 0 Å². The van der Waals surface area contributed by atoms with Gasteiger partial charge in [0.05, 0.1) is 16.7 Å². The van der Waals surface area contributed by atoms with Crippen molar-refractivity contribution in [2.45, 2.75) is 19.3 Å². The molecular formula is C35H28O2. The highest BCUT2D eigenvalue weighted by molar-refractivity contribution is 6.28. The number of benzene rings is 4. The average molecular weight is 481 g/mol. The van der Waals surface area contributed by atoms with Gasteiger partial charge in [-0.1, -0.05) is 128 Å². The van der Waals surface area contributed by atoms with E-state index >= 15 is 0 Å². The molecule has 180 valence electrons. The number of rotatable bonds is 4. The second kappa shape index (κ2) is 7.49. The second-order valence-corrected chi connectivity index (χ2v) is 11.1. The SMILES string of the molecule is CC12C(=O)C3(C)C(C(=O)C1C(c1ccccc1)=C2c1ccccc1)C3(c1ccccc1)c1ccccc1. The zero-order chi connectivity index (χ0) is 25.4. The summed E-state index contributed by atoms with van der Waals surface area (Å²) in [6, 6.07) is 40.7. The normalized spacial score (nSPS) is 29.2. The van der Waals surface area contributed by atoms with Crippen LogP contribution in [0.1, 0.15) is 36.1 Å². The summed E-state index contributed by atoms with van der Waals surface area (Å²) in [4.78, 5) is 29.7. The van der Waals surface area contributed by atoms with Crippen molar-refractivity contribution in [1.29, 1.82) is 0 Å². The Kier molecular flexibility index (Phi) is 4.49. The number of Topliss-reactive ketones (excluding diaryl/α,β-unsaturated/α-hetero) is 2. The molecular weight excluding hydrogens is 452 g/mol. The van der Waals surface area contributed by atoms with E-state index < -0.39 is 28.1 Å². The molecule has 7 rings (SSSR count). The Hall–Kier alpha value is -4.04. The lowest BCUT2D eigenvalue weighted by molar-refractivity contribution is -0.144. The molecule has 4 aromatic rings. The van der Waals surface area contributed by atoms with E-state index in [4.69, 9.17) is 0 Å². The highest BCUT2D eigenvalue weighted by Crippen LogP contribution is 2.82. The first-order valence-electron chi connectivity index (χ1n) is 13.0. The van der Waals surface area contributed by atoms with Crippen molar-refractivity contribution in [2.75, 3.05) is 0 Å². The summed E-state index contributed by atoms with van der Waals surface area (Å²) in [5.74, 6) is -0.479. The molecule has 3 aliphatic carbocycles. The molecule has 3 aliphatic rings. The van der Waals surface area contributed by atoms with Gasteiger partial charge in [-0.3, -0.25) is 9.59 Å². The van der Waals surface area contributed by atoms with Crippen molar-refractivity contribution in [3.8, 4) is 0 Å². The fourth-order valence-corrected chi connectivity index (χ4v) is 8.07. The molecule has 4 aromatic carbocycles. The number of hydrogen-bond acceptors (Lipinski definition) is 2. The summed E-state index contributed by atoms with van der Waals surface area (Å²) in [6.07, 6.45) is 0. The molecule has 2 nitrogen and oxygen atoms in total. The summed E-state index contributed by atoms with van der Waals surface area (Å²) >= 11 is 0. The first-order chi connectivity index (χ1) is 18.0. The van der Waals surface area contributed by atoms with Gasteiger partial charge in [0.25, 0.3) is 0 Å². The molecule has 0 amide bonds. The van der Waals surface area contributed by atoms with Gasteiger partial charge in [0, 0.05) is 11.3 Å². The van der Waals surface area contributed by atoms with Crippen LogP contribution in [0.4, 0.5) is 0 Å². The summed E-state index contributed by atoms with van der Waals surface area (Å²) in [6.45, 7) is 4.07. The predicted octanol–water partition coefficient (Wildman–Crippen LogP) is 7.01. The smallest absolute Gasteiger partial charge is 0.152 e. The van der Waals surface area contributed by atoms with Gasteiger partial charge in [-0.05, 0) is 40.3 Å². The van der Waals surface area contributed by atoms with Gasteiger partial charge in [-0.15, -0.1) is 0 Å². The van der Waals surface area contributed by atoms with E-state index in [-0.39, 0.29) is 11.6 Å². The molecule has 0 saturated heterocycles. The molecule has 4 unspecified atom stereocenters. The van der Waals surface area contributed by atoms with E-state index in [2.05, 4.69) is 48.5 Å². The highest BCUT2D eigenvalue weighted by Gasteiger charge is 2.88. The van der Waals surface area contributed by atoms with Crippen LogP contribution in [0.3, 0.4) is 0 Å². The fraction of sp³-hybridized carbons (Fsp3) is 0.200. The molecule has 0 aromatic heterocycles. The number of allylic oxidation sites excluding steroid dienone is 2. The van der Waals surface area contributed by atoms with Crippen LogP contribution in [-0.2, 0) is 15.0 Å². The van der Waals surface area contributed by atoms with Crippen molar-refractivity contribution >= 4 is 22.7 Å². The lowest BCUT2D eigenvalue weighted by Crippen LogP contribution is -2.56. The summed E-state index contributed by atoms with van der Waals surface area (Å²) in [7, 11) is 0. The molecule has 0 heterocycles. The first-order valence-corrected chi connectivity index (χ1v) is 13.0. The van der Waals surface area contributed by atoms with Gasteiger partial charge < -0.3 is 0 Å². The fourth-order valence-electron chi connectivity index (χ4n) is 8.07. The average Bonchev–Trinajstić information content (AvgIpc) is 3.54. The van der Waals surface area contributed by atoms with E-state index in [0.29, 0.717) is 0 Å². The second-order valence-electron chi connectivity index (χ2n) is 11.1. The third kappa shape index (κ3) is 2.51. The minimum atomic E-state index is -0.875. The van der Waals surface area contributed by atoms with Gasteiger partial charge in [0.2, 0.25) is 0 Å². The third-order valence-electron chi connectivity index (χ3n) is 9.52. The number of carbonyl (C=O) groups is 2. The molecule has 4 atom stereocenters. The lowest BCUT2D eigenvalue weighted by Gasteiger charge is -2.53. The quantitative estimate of drug-likeness (QED) is 0.315. The molecule has 2 heteroatoms. The van der Waals surface area contributed by atoms with Crippen molar-refractivity contribution in [2.24, 2.45) is 22.7 Å². The minimum absolute atomic E-state index is 0.181. The molecule has 2 saturated carbocycles. The van der Waals surface area contributed by atoms with E-state index in [1.54, 1.807) is 0 Å². The van der Waals surface area contributed by atoms with Gasteiger partial charge in [0.15, 0.2) is 5.78 Å². The Morgan fingerprint density at radius 1 is 0.568 bits per heavy atom. The van der Waals surface area contributed by atoms with Crippen molar-refractivity contribution in [3.05, 3.63) is 144 Å². The van der Waals surface area contributed by atoms with E-state index in [9.17, 15) is 9.59 Å². The maximum absolute atomic E-state index is 15.0. The molecule has 0 aliphatic heterocycles. The van der Waals surface area contributed by atoms with Crippen LogP contribution in [0.25, 0.3) is 11.1 Å². The number of hydrogen-bond donors (Lipinski definition) is 0. The largest absolute Gasteiger partial charge is 0.299 e. The summed E-state index contributed by atoms with van der Waals surface area (Å²) in [5.41, 5.74) is 3.79. The van der Waals surface area contributed by atoms with E-state index in [1.807, 2.05) is 86.6 Å². The van der Waals surface area contributed by atoms with Crippen LogP contribution in [0, 0.1) is 22.7 Å². The Morgan fingerprint density at radius 2 is 1.00 bits per heavy atom. The minimum Gasteiger partial charge on any atom is -0.299 e. The highest BCUT2D eigenvalue weighted by atomic mass is 16.2. The Balaban J connectivity index is 1.49. The zero-order valence-corrected chi connectivity index (χ0v) is 21.0. The van der Waals surface area contributed by atoms with Crippen LogP contribution >= 0.6 is 0 Å². The standard InChI is InChI=1S/C35H28O2/c1-33-28(24-17-9-4-10-18-24)27(23-15-7-3-8-16-23)29(33)30(36)31-34(2,32(33)37)35(31,25-19-11-5-12-20-25)26-21-13-6-14-22-26/h3-22,29,31H,1-2H3. The molecule has 2 fully saturated rings. The molecule has 0 spiro atoms. The molecule has 0 bridgehead atoms. The van der Waals surface area contributed by atoms with Crippen LogP contribution in [-0.4, -0.2) is 11.6 Å². The third-order valence-corrected chi connectivity index (χ3v) is 9.52. The van der Waals surface area contributed by atoms with Gasteiger partial charge in [0.1, 0.15) is 5.78 Å². The Labute approximate surface area is 217 Å². The van der Waals surface area contributed by atoms with E-state index in [0.717, 1.165) is 33.4 Å². The van der Waals surface area contributed by atoms with Crippen molar-refractivity contribution in [1.82, 2.24) is 0 Å². The van der Waals surface area contributed by atoms with E-state index in [1.165, 1.54) is 0 Å². The first kappa shape index (κ1) is 22.2. The topological polar surface area (TPSA) is 34.1 Å². The maximum Gasteiger partial charge on any atom is 0.152 e. The predicted molar refractivity (Wildman–Crippen MR) is 147 cm³/mol. The molecule has 0 radical (unpaired) electrons. The summed E-state index contributed by atoms with van der Waals surface area (Å²) < 4.78 is 0. The monoisotopic (exact) mass is 480 g/mol. The van der Waals surface area contributed by atoms with Crippen molar-refractivity contribution < 1.29 is 9.59 Å². The summed E-state index contributed by atoms with van der Waals surface area (Å²) in [5, 5.41) is 0. The number of fused-ring (bicyclic) bond motifs is 2. The van der Waals surface area contributed by atoms with Crippen molar-refractivity contribution in [3.63, 3.8) is 0 Å². The lowest BCUT2D eigenvalue weighted by atomic mass is 9.46. The van der Waals surface area contributed by atoms with Gasteiger partial charge >= 0.3 is 0 Å². The van der Waals surface area contributed by atoms with Crippen LogP contribution < -0.4 is 0 Å².